The van der Waals surface area contributed by atoms with Crippen molar-refractivity contribution < 1.29 is 39.0 Å². The molecular weight excluding hydrogens is 550 g/mol. The second-order valence-electron chi connectivity index (χ2n) is 9.66. The van der Waals surface area contributed by atoms with Crippen LogP contribution in [-0.2, 0) is 11.3 Å². The van der Waals surface area contributed by atoms with Crippen molar-refractivity contribution in [2.45, 2.75) is 45.9 Å². The number of hydrogen-bond acceptors (Lipinski definition) is 9. The maximum absolute atomic E-state index is 10.3. The van der Waals surface area contributed by atoms with Crippen LogP contribution in [0.25, 0.3) is 0 Å². The highest BCUT2D eigenvalue weighted by Crippen LogP contribution is 2.28. The van der Waals surface area contributed by atoms with Gasteiger partial charge in [-0.25, -0.2) is 0 Å². The van der Waals surface area contributed by atoms with E-state index in [0.29, 0.717) is 57.6 Å². The number of aliphatic hydroxyl groups is 3. The third-order valence-electron chi connectivity index (χ3n) is 5.91. The molecule has 43 heavy (non-hydrogen) atoms. The smallest absolute Gasteiger partial charge is 0.161 e. The van der Waals surface area contributed by atoms with Gasteiger partial charge in [0.05, 0.1) is 26.4 Å². The molecule has 1 heterocycles. The van der Waals surface area contributed by atoms with E-state index in [1.54, 1.807) is 0 Å². The highest BCUT2D eigenvalue weighted by molar-refractivity contribution is 5.40. The number of para-hydroxylation sites is 4. The van der Waals surface area contributed by atoms with Crippen molar-refractivity contribution >= 4 is 0 Å². The molecule has 3 aromatic rings. The number of nitrogens with zero attached hydrogens (tertiary/aromatic N) is 1. The monoisotopic (exact) mass is 599 g/mol. The van der Waals surface area contributed by atoms with Gasteiger partial charge >= 0.3 is 0 Å². The number of aliphatic hydroxyl groups excluding tert-OH is 3. The highest BCUT2D eigenvalue weighted by atomic mass is 16.6. The lowest BCUT2D eigenvalue weighted by Crippen LogP contribution is -2.37. The van der Waals surface area contributed by atoms with Crippen LogP contribution < -0.4 is 18.9 Å². The maximum atomic E-state index is 10.3. The van der Waals surface area contributed by atoms with Gasteiger partial charge < -0.3 is 39.0 Å². The SMILES string of the molecule is CCCO.CCOc1ccccc1OCC(O)CN(CCO)Cc1ccccc1.CCOc1ccccc1OCC1CO1. The molecule has 3 N–H and O–H groups in total. The fourth-order valence-corrected chi connectivity index (χ4v) is 3.79. The fourth-order valence-electron chi connectivity index (χ4n) is 3.79. The Morgan fingerprint density at radius 3 is 1.70 bits per heavy atom. The summed E-state index contributed by atoms with van der Waals surface area (Å²) in [4.78, 5) is 2.01. The van der Waals surface area contributed by atoms with E-state index in [4.69, 9.17) is 28.8 Å². The van der Waals surface area contributed by atoms with Crippen LogP contribution in [0.15, 0.2) is 78.9 Å². The molecule has 3 aromatic carbocycles. The summed E-state index contributed by atoms with van der Waals surface area (Å²) in [7, 11) is 0. The van der Waals surface area contributed by atoms with Crippen molar-refractivity contribution in [2.75, 3.05) is 59.3 Å². The molecule has 4 rings (SSSR count). The molecule has 2 unspecified atom stereocenters. The molecule has 1 saturated heterocycles. The van der Waals surface area contributed by atoms with E-state index >= 15 is 0 Å². The first-order valence-electron chi connectivity index (χ1n) is 15.0. The first-order chi connectivity index (χ1) is 21.0. The number of rotatable bonds is 17. The Labute approximate surface area is 256 Å². The van der Waals surface area contributed by atoms with Crippen molar-refractivity contribution in [1.29, 1.82) is 0 Å². The van der Waals surface area contributed by atoms with Crippen molar-refractivity contribution in [3.63, 3.8) is 0 Å². The largest absolute Gasteiger partial charge is 0.490 e. The van der Waals surface area contributed by atoms with E-state index in [-0.39, 0.29) is 19.3 Å². The Morgan fingerprint density at radius 2 is 1.23 bits per heavy atom. The average molecular weight is 600 g/mol. The molecular formula is C34H49NO8. The maximum Gasteiger partial charge on any atom is 0.161 e. The Bertz CT molecular complexity index is 1090. The van der Waals surface area contributed by atoms with Gasteiger partial charge in [0, 0.05) is 26.2 Å². The molecule has 1 aliphatic rings. The quantitative estimate of drug-likeness (QED) is 0.192. The summed E-state index contributed by atoms with van der Waals surface area (Å²) in [5, 5.41) is 27.5. The predicted octanol–water partition coefficient (Wildman–Crippen LogP) is 4.57. The molecule has 2 atom stereocenters. The van der Waals surface area contributed by atoms with Gasteiger partial charge in [-0.05, 0) is 50.1 Å². The zero-order valence-corrected chi connectivity index (χ0v) is 25.8. The fraction of sp³-hybridized carbons (Fsp3) is 0.471. The first-order valence-corrected chi connectivity index (χ1v) is 15.0. The third kappa shape index (κ3) is 15.6. The van der Waals surface area contributed by atoms with Gasteiger partial charge in [0.1, 0.15) is 25.4 Å². The van der Waals surface area contributed by atoms with E-state index < -0.39 is 6.10 Å². The highest BCUT2D eigenvalue weighted by Gasteiger charge is 2.23. The van der Waals surface area contributed by atoms with Crippen molar-refractivity contribution in [3.05, 3.63) is 84.4 Å². The van der Waals surface area contributed by atoms with E-state index in [0.717, 1.165) is 30.1 Å². The summed E-state index contributed by atoms with van der Waals surface area (Å²) < 4.78 is 27.3. The van der Waals surface area contributed by atoms with E-state index in [2.05, 4.69) is 0 Å². The minimum Gasteiger partial charge on any atom is -0.490 e. The average Bonchev–Trinajstić information content (AvgIpc) is 3.86. The topological polar surface area (TPSA) is 113 Å². The normalized spacial score (nSPS) is 14.0. The van der Waals surface area contributed by atoms with Gasteiger partial charge in [-0.1, -0.05) is 61.5 Å². The minimum absolute atomic E-state index is 0.0492. The van der Waals surface area contributed by atoms with Gasteiger partial charge in [0.2, 0.25) is 0 Å². The van der Waals surface area contributed by atoms with Gasteiger partial charge in [-0.3, -0.25) is 4.90 Å². The number of ether oxygens (including phenoxy) is 5. The molecule has 0 bridgehead atoms. The van der Waals surface area contributed by atoms with E-state index in [1.807, 2.05) is 105 Å². The lowest BCUT2D eigenvalue weighted by Gasteiger charge is -2.24. The molecule has 1 aliphatic heterocycles. The molecule has 0 aliphatic carbocycles. The molecule has 1 fully saturated rings. The minimum atomic E-state index is -0.662. The molecule has 0 saturated carbocycles. The predicted molar refractivity (Wildman–Crippen MR) is 168 cm³/mol. The summed E-state index contributed by atoms with van der Waals surface area (Å²) in [6, 6.07) is 25.1. The Hall–Kier alpha value is -3.34. The van der Waals surface area contributed by atoms with Crippen LogP contribution in [-0.4, -0.2) is 91.8 Å². The van der Waals surface area contributed by atoms with Gasteiger partial charge in [-0.2, -0.15) is 0 Å². The summed E-state index contributed by atoms with van der Waals surface area (Å²) in [5.74, 6) is 2.90. The second kappa shape index (κ2) is 22.2. The lowest BCUT2D eigenvalue weighted by atomic mass is 10.2. The Kier molecular flexibility index (Phi) is 18.5. The van der Waals surface area contributed by atoms with Crippen LogP contribution >= 0.6 is 0 Å². The van der Waals surface area contributed by atoms with Crippen LogP contribution in [0.2, 0.25) is 0 Å². The van der Waals surface area contributed by atoms with Crippen LogP contribution in [0, 0.1) is 0 Å². The Balaban J connectivity index is 0.000000299. The number of epoxide rings is 1. The van der Waals surface area contributed by atoms with Crippen LogP contribution in [0.4, 0.5) is 0 Å². The number of benzene rings is 3. The number of hydrogen-bond donors (Lipinski definition) is 3. The second-order valence-corrected chi connectivity index (χ2v) is 9.66. The van der Waals surface area contributed by atoms with E-state index in [9.17, 15) is 10.2 Å². The zero-order valence-electron chi connectivity index (χ0n) is 25.8. The van der Waals surface area contributed by atoms with E-state index in [1.165, 1.54) is 0 Å². The van der Waals surface area contributed by atoms with Gasteiger partial charge in [0.25, 0.3) is 0 Å². The molecule has 0 spiro atoms. The summed E-state index contributed by atoms with van der Waals surface area (Å²) in [5.41, 5.74) is 1.14. The molecule has 9 nitrogen and oxygen atoms in total. The van der Waals surface area contributed by atoms with Crippen molar-refractivity contribution in [1.82, 2.24) is 4.90 Å². The van der Waals surface area contributed by atoms with Crippen molar-refractivity contribution in [3.8, 4) is 23.0 Å². The van der Waals surface area contributed by atoms with Crippen LogP contribution in [0.5, 0.6) is 23.0 Å². The molecule has 9 heteroatoms. The first kappa shape index (κ1) is 35.9. The molecule has 238 valence electrons. The lowest BCUT2D eigenvalue weighted by molar-refractivity contribution is 0.0580. The summed E-state index contributed by atoms with van der Waals surface area (Å²) >= 11 is 0. The third-order valence-corrected chi connectivity index (χ3v) is 5.91. The molecule has 0 aromatic heterocycles. The summed E-state index contributed by atoms with van der Waals surface area (Å²) in [6.07, 6.45) is 0.495. The van der Waals surface area contributed by atoms with Gasteiger partial charge in [-0.15, -0.1) is 0 Å². The van der Waals surface area contributed by atoms with Crippen LogP contribution in [0.1, 0.15) is 32.8 Å². The zero-order chi connectivity index (χ0) is 31.1. The van der Waals surface area contributed by atoms with Gasteiger partial charge in [0.15, 0.2) is 23.0 Å². The molecule has 0 radical (unpaired) electrons. The molecule has 0 amide bonds. The summed E-state index contributed by atoms with van der Waals surface area (Å²) in [6.45, 7) is 10.6. The Morgan fingerprint density at radius 1 is 0.744 bits per heavy atom. The van der Waals surface area contributed by atoms with Crippen molar-refractivity contribution in [2.24, 2.45) is 0 Å². The standard InChI is InChI=1S/C20H27NO4.C11H14O3.C3H8O/c1-2-24-19-10-6-7-11-20(19)25-16-18(23)15-21(12-13-22)14-17-8-4-3-5-9-17;1-2-12-10-5-3-4-6-11(10)14-8-9-7-13-9;1-2-3-4/h3-11,18,22-23H,2,12-16H2,1H3;3-6,9H,2,7-8H2,1H3;4H,2-3H2,1H3. The van der Waals surface area contributed by atoms with Crippen LogP contribution in [0.3, 0.4) is 0 Å².